The van der Waals surface area contributed by atoms with E-state index in [-0.39, 0.29) is 12.8 Å². The lowest BCUT2D eigenvalue weighted by molar-refractivity contribution is 0.174. The van der Waals surface area contributed by atoms with E-state index in [1.54, 1.807) is 0 Å². The van der Waals surface area contributed by atoms with Crippen molar-refractivity contribution in [2.45, 2.75) is 64.8 Å². The van der Waals surface area contributed by atoms with Crippen molar-refractivity contribution in [2.24, 2.45) is 0 Å². The first-order valence-corrected chi connectivity index (χ1v) is 11.4. The van der Waals surface area contributed by atoms with E-state index in [0.717, 1.165) is 35.8 Å². The Morgan fingerprint density at radius 3 is 2.39 bits per heavy atom. The van der Waals surface area contributed by atoms with E-state index in [1.807, 2.05) is 42.5 Å². The molecule has 0 fully saturated rings. The monoisotopic (exact) mass is 426 g/mol. The number of hydrogen-bond donors (Lipinski definition) is 2. The van der Waals surface area contributed by atoms with Gasteiger partial charge in [-0.1, -0.05) is 57.9 Å². The average molecular weight is 427 g/mol. The lowest BCUT2D eigenvalue weighted by Crippen LogP contribution is -2.28. The van der Waals surface area contributed by atoms with E-state index < -0.39 is 0 Å². The standard InChI is InChI=1S/C25H34N2O4/c1-2-3-4-5-6-7-8-9-16-29-22-13-11-21(12-14-22)27-25(28)26-18-20-10-15-23-24(17-20)31-19-30-23/h10-15,17H,2-9,16,18-19H2,1H3,(H2,26,27,28). The zero-order valence-corrected chi connectivity index (χ0v) is 18.5. The van der Waals surface area contributed by atoms with Crippen LogP contribution in [-0.2, 0) is 6.54 Å². The number of unbranched alkanes of at least 4 members (excludes halogenated alkanes) is 7. The van der Waals surface area contributed by atoms with Gasteiger partial charge < -0.3 is 24.8 Å². The molecule has 6 nitrogen and oxygen atoms in total. The second-order valence-corrected chi connectivity index (χ2v) is 7.84. The highest BCUT2D eigenvalue weighted by Gasteiger charge is 2.13. The van der Waals surface area contributed by atoms with Crippen LogP contribution in [0.3, 0.4) is 0 Å². The highest BCUT2D eigenvalue weighted by molar-refractivity contribution is 5.89. The molecular formula is C25H34N2O4. The Morgan fingerprint density at radius 1 is 0.903 bits per heavy atom. The van der Waals surface area contributed by atoms with E-state index >= 15 is 0 Å². The summed E-state index contributed by atoms with van der Waals surface area (Å²) < 4.78 is 16.5. The Balaban J connectivity index is 1.28. The first-order chi connectivity index (χ1) is 15.2. The summed E-state index contributed by atoms with van der Waals surface area (Å²) in [4.78, 5) is 12.2. The molecule has 0 radical (unpaired) electrons. The molecule has 1 heterocycles. The van der Waals surface area contributed by atoms with Gasteiger partial charge in [0.2, 0.25) is 6.79 Å². The van der Waals surface area contributed by atoms with Crippen molar-refractivity contribution >= 4 is 11.7 Å². The number of carbonyl (C=O) groups is 1. The van der Waals surface area contributed by atoms with Gasteiger partial charge in [0.15, 0.2) is 11.5 Å². The van der Waals surface area contributed by atoms with Crippen LogP contribution in [0.4, 0.5) is 10.5 Å². The fourth-order valence-corrected chi connectivity index (χ4v) is 3.47. The van der Waals surface area contributed by atoms with Gasteiger partial charge in [0.1, 0.15) is 5.75 Å². The zero-order chi connectivity index (χ0) is 21.7. The fourth-order valence-electron chi connectivity index (χ4n) is 3.47. The van der Waals surface area contributed by atoms with Crippen LogP contribution >= 0.6 is 0 Å². The second kappa shape index (κ2) is 12.7. The van der Waals surface area contributed by atoms with Crippen LogP contribution in [-0.4, -0.2) is 19.4 Å². The van der Waals surface area contributed by atoms with Gasteiger partial charge in [0.05, 0.1) is 6.61 Å². The molecule has 0 saturated carbocycles. The maximum atomic E-state index is 12.2. The van der Waals surface area contributed by atoms with Gasteiger partial charge in [0, 0.05) is 12.2 Å². The van der Waals surface area contributed by atoms with Crippen LogP contribution in [0.5, 0.6) is 17.2 Å². The van der Waals surface area contributed by atoms with Crippen LogP contribution in [0, 0.1) is 0 Å². The zero-order valence-electron chi connectivity index (χ0n) is 18.5. The molecule has 0 unspecified atom stereocenters. The molecule has 168 valence electrons. The van der Waals surface area contributed by atoms with Crippen molar-refractivity contribution in [3.63, 3.8) is 0 Å². The normalized spacial score (nSPS) is 11.9. The van der Waals surface area contributed by atoms with E-state index in [9.17, 15) is 4.79 Å². The summed E-state index contributed by atoms with van der Waals surface area (Å²) in [7, 11) is 0. The quantitative estimate of drug-likeness (QED) is 0.371. The summed E-state index contributed by atoms with van der Waals surface area (Å²) in [6.07, 6.45) is 10.3. The third-order valence-corrected chi connectivity index (χ3v) is 5.27. The molecule has 2 N–H and O–H groups in total. The maximum Gasteiger partial charge on any atom is 0.319 e. The molecule has 3 rings (SSSR count). The number of benzene rings is 2. The van der Waals surface area contributed by atoms with Gasteiger partial charge in [-0.25, -0.2) is 4.79 Å². The van der Waals surface area contributed by atoms with Gasteiger partial charge in [-0.15, -0.1) is 0 Å². The van der Waals surface area contributed by atoms with Gasteiger partial charge in [0.25, 0.3) is 0 Å². The van der Waals surface area contributed by atoms with Gasteiger partial charge in [-0.05, 0) is 48.4 Å². The molecule has 0 spiro atoms. The minimum absolute atomic E-state index is 0.242. The number of amides is 2. The summed E-state index contributed by atoms with van der Waals surface area (Å²) in [5, 5.41) is 5.68. The lowest BCUT2D eigenvalue weighted by atomic mass is 10.1. The Bertz CT molecular complexity index is 808. The molecular weight excluding hydrogens is 392 g/mol. The van der Waals surface area contributed by atoms with Gasteiger partial charge >= 0.3 is 6.03 Å². The fraction of sp³-hybridized carbons (Fsp3) is 0.480. The average Bonchev–Trinajstić information content (AvgIpc) is 3.26. The Labute approximate surface area is 185 Å². The Morgan fingerprint density at radius 2 is 1.61 bits per heavy atom. The van der Waals surface area contributed by atoms with Crippen LogP contribution in [0.1, 0.15) is 63.9 Å². The smallest absolute Gasteiger partial charge is 0.319 e. The topological polar surface area (TPSA) is 68.8 Å². The van der Waals surface area contributed by atoms with E-state index in [0.29, 0.717) is 12.3 Å². The molecule has 0 bridgehead atoms. The van der Waals surface area contributed by atoms with Crippen LogP contribution in [0.15, 0.2) is 42.5 Å². The van der Waals surface area contributed by atoms with Gasteiger partial charge in [-0.3, -0.25) is 0 Å². The molecule has 2 amide bonds. The molecule has 1 aliphatic heterocycles. The van der Waals surface area contributed by atoms with Crippen LogP contribution < -0.4 is 24.8 Å². The highest BCUT2D eigenvalue weighted by Crippen LogP contribution is 2.32. The highest BCUT2D eigenvalue weighted by atomic mass is 16.7. The number of anilines is 1. The minimum atomic E-state index is -0.259. The number of hydrogen-bond acceptors (Lipinski definition) is 4. The number of nitrogens with one attached hydrogen (secondary N) is 2. The molecule has 1 aliphatic rings. The number of carbonyl (C=O) groups excluding carboxylic acids is 1. The van der Waals surface area contributed by atoms with Crippen molar-refractivity contribution in [2.75, 3.05) is 18.7 Å². The molecule has 0 saturated heterocycles. The number of fused-ring (bicyclic) bond motifs is 1. The van der Waals surface area contributed by atoms with Crippen molar-refractivity contribution in [3.8, 4) is 17.2 Å². The van der Waals surface area contributed by atoms with Crippen molar-refractivity contribution in [3.05, 3.63) is 48.0 Å². The predicted octanol–water partition coefficient (Wildman–Crippen LogP) is 6.26. The summed E-state index contributed by atoms with van der Waals surface area (Å²) in [5.41, 5.74) is 1.67. The number of ether oxygens (including phenoxy) is 3. The summed E-state index contributed by atoms with van der Waals surface area (Å²) in [6.45, 7) is 3.63. The Kier molecular flexibility index (Phi) is 9.35. The van der Waals surface area contributed by atoms with Crippen LogP contribution in [0.25, 0.3) is 0 Å². The molecule has 0 aliphatic carbocycles. The van der Waals surface area contributed by atoms with E-state index in [4.69, 9.17) is 14.2 Å². The molecule has 2 aromatic carbocycles. The minimum Gasteiger partial charge on any atom is -0.494 e. The van der Waals surface area contributed by atoms with Crippen molar-refractivity contribution in [1.82, 2.24) is 5.32 Å². The summed E-state index contributed by atoms with van der Waals surface area (Å²) >= 11 is 0. The van der Waals surface area contributed by atoms with Crippen molar-refractivity contribution < 1.29 is 19.0 Å². The first-order valence-electron chi connectivity index (χ1n) is 11.4. The van der Waals surface area contributed by atoms with Crippen LogP contribution in [0.2, 0.25) is 0 Å². The third kappa shape index (κ3) is 8.04. The molecule has 0 atom stereocenters. The largest absolute Gasteiger partial charge is 0.494 e. The molecule has 2 aromatic rings. The molecule has 6 heteroatoms. The maximum absolute atomic E-state index is 12.2. The van der Waals surface area contributed by atoms with Gasteiger partial charge in [-0.2, -0.15) is 0 Å². The van der Waals surface area contributed by atoms with E-state index in [2.05, 4.69) is 17.6 Å². The lowest BCUT2D eigenvalue weighted by Gasteiger charge is -2.10. The molecule has 31 heavy (non-hydrogen) atoms. The summed E-state index contributed by atoms with van der Waals surface area (Å²) in [5.74, 6) is 2.27. The summed E-state index contributed by atoms with van der Waals surface area (Å²) in [6, 6.07) is 12.9. The van der Waals surface area contributed by atoms with Crippen molar-refractivity contribution in [1.29, 1.82) is 0 Å². The third-order valence-electron chi connectivity index (χ3n) is 5.27. The number of rotatable bonds is 13. The van der Waals surface area contributed by atoms with E-state index in [1.165, 1.54) is 44.9 Å². The number of urea groups is 1. The molecule has 0 aromatic heterocycles. The first kappa shape index (κ1) is 22.8. The Hall–Kier alpha value is -2.89. The second-order valence-electron chi connectivity index (χ2n) is 7.84. The SMILES string of the molecule is CCCCCCCCCCOc1ccc(NC(=O)NCc2ccc3c(c2)OCO3)cc1. The predicted molar refractivity (Wildman–Crippen MR) is 123 cm³/mol.